The lowest BCUT2D eigenvalue weighted by Crippen LogP contribution is -2.36. The van der Waals surface area contributed by atoms with Gasteiger partial charge in [-0.15, -0.1) is 0 Å². The summed E-state index contributed by atoms with van der Waals surface area (Å²) < 4.78 is 11.5. The van der Waals surface area contributed by atoms with Crippen LogP contribution in [0.5, 0.6) is 0 Å². The van der Waals surface area contributed by atoms with E-state index in [9.17, 15) is 4.79 Å². The van der Waals surface area contributed by atoms with E-state index in [0.29, 0.717) is 5.56 Å². The van der Waals surface area contributed by atoms with Gasteiger partial charge in [-0.3, -0.25) is 0 Å². The summed E-state index contributed by atoms with van der Waals surface area (Å²) in [4.78, 5) is 15.2. The lowest BCUT2D eigenvalue weighted by Gasteiger charge is -2.34. The lowest BCUT2D eigenvalue weighted by atomic mass is 9.94. The van der Waals surface area contributed by atoms with Crippen molar-refractivity contribution in [2.75, 3.05) is 26.3 Å². The van der Waals surface area contributed by atoms with Crippen molar-refractivity contribution in [1.82, 2.24) is 4.90 Å². The van der Waals surface area contributed by atoms with Crippen LogP contribution >= 0.6 is 0 Å². The molecule has 0 bridgehead atoms. The molecule has 0 spiro atoms. The van der Waals surface area contributed by atoms with E-state index in [-0.39, 0.29) is 5.97 Å². The molecule has 4 nitrogen and oxygen atoms in total. The number of esters is 1. The predicted molar refractivity (Wildman–Crippen MR) is 113 cm³/mol. The highest BCUT2D eigenvalue weighted by atomic mass is 16.5. The van der Waals surface area contributed by atoms with Crippen LogP contribution in [0, 0.1) is 0 Å². The van der Waals surface area contributed by atoms with E-state index in [4.69, 9.17) is 9.47 Å². The quantitative estimate of drug-likeness (QED) is 0.681. The van der Waals surface area contributed by atoms with Gasteiger partial charge in [-0.25, -0.2) is 4.79 Å². The maximum absolute atomic E-state index is 12.8. The molecular weight excluding hydrogens is 362 g/mol. The van der Waals surface area contributed by atoms with Gasteiger partial charge >= 0.3 is 5.97 Å². The summed E-state index contributed by atoms with van der Waals surface area (Å²) in [7, 11) is 0. The molecule has 29 heavy (non-hydrogen) atoms. The van der Waals surface area contributed by atoms with Crippen LogP contribution in [0.4, 0.5) is 0 Å². The Balaban J connectivity index is 1.62. The van der Waals surface area contributed by atoms with Gasteiger partial charge in [0.05, 0.1) is 18.8 Å². The number of carbonyl (C=O) groups is 1. The number of nitrogens with zero attached hydrogens (tertiary/aromatic N) is 1. The number of rotatable bonds is 5. The zero-order valence-electron chi connectivity index (χ0n) is 16.6. The van der Waals surface area contributed by atoms with Gasteiger partial charge in [-0.05, 0) is 48.6 Å². The molecule has 1 atom stereocenters. The second-order valence-electron chi connectivity index (χ2n) is 7.38. The molecule has 2 aliphatic rings. The lowest BCUT2D eigenvalue weighted by molar-refractivity contribution is 0.0388. The van der Waals surface area contributed by atoms with Crippen molar-refractivity contribution in [3.8, 4) is 0 Å². The van der Waals surface area contributed by atoms with Gasteiger partial charge in [0, 0.05) is 18.8 Å². The molecule has 2 aromatic rings. The molecule has 0 N–H and O–H groups in total. The van der Waals surface area contributed by atoms with Crippen LogP contribution in [0.3, 0.4) is 0 Å². The highest BCUT2D eigenvalue weighted by Gasteiger charge is 2.23. The molecule has 2 aromatic carbocycles. The molecule has 4 rings (SSSR count). The maximum Gasteiger partial charge on any atom is 0.339 e. The number of hydrogen-bond acceptors (Lipinski definition) is 4. The molecule has 0 amide bonds. The van der Waals surface area contributed by atoms with Crippen molar-refractivity contribution in [3.63, 3.8) is 0 Å². The maximum atomic E-state index is 12.8. The van der Waals surface area contributed by atoms with Gasteiger partial charge in [0.15, 0.2) is 0 Å². The van der Waals surface area contributed by atoms with Crippen LogP contribution in [0.15, 0.2) is 84.1 Å². The summed E-state index contributed by atoms with van der Waals surface area (Å²) in [6.45, 7) is 3.33. The van der Waals surface area contributed by atoms with Gasteiger partial charge in [-0.1, -0.05) is 54.6 Å². The van der Waals surface area contributed by atoms with Crippen LogP contribution in [-0.2, 0) is 9.47 Å². The average molecular weight is 389 g/mol. The van der Waals surface area contributed by atoms with E-state index in [1.807, 2.05) is 48.5 Å². The van der Waals surface area contributed by atoms with Crippen LogP contribution in [-0.4, -0.2) is 37.2 Å². The van der Waals surface area contributed by atoms with E-state index in [2.05, 4.69) is 17.1 Å². The number of carbonyl (C=O) groups excluding carboxylic acids is 1. The molecule has 1 aliphatic carbocycles. The molecule has 0 radical (unpaired) electrons. The molecule has 1 aliphatic heterocycles. The van der Waals surface area contributed by atoms with E-state index >= 15 is 0 Å². The summed E-state index contributed by atoms with van der Waals surface area (Å²) in [6, 6.07) is 19.2. The van der Waals surface area contributed by atoms with E-state index in [0.717, 1.165) is 51.1 Å². The first-order valence-corrected chi connectivity index (χ1v) is 10.4. The molecule has 4 heteroatoms. The van der Waals surface area contributed by atoms with Gasteiger partial charge in [0.1, 0.15) is 6.10 Å². The zero-order valence-corrected chi connectivity index (χ0v) is 16.6. The van der Waals surface area contributed by atoms with Gasteiger partial charge in [0.2, 0.25) is 0 Å². The number of allylic oxidation sites excluding steroid dienone is 2. The molecule has 0 aromatic heterocycles. The van der Waals surface area contributed by atoms with Crippen LogP contribution in [0.25, 0.3) is 0 Å². The Kier molecular flexibility index (Phi) is 6.42. The van der Waals surface area contributed by atoms with Gasteiger partial charge in [-0.2, -0.15) is 0 Å². The Hall–Kier alpha value is -2.85. The first kappa shape index (κ1) is 19.5. The fourth-order valence-electron chi connectivity index (χ4n) is 3.88. The van der Waals surface area contributed by atoms with E-state index in [1.54, 1.807) is 12.1 Å². The number of morpholine rings is 1. The topological polar surface area (TPSA) is 38.8 Å². The van der Waals surface area contributed by atoms with Crippen molar-refractivity contribution in [3.05, 3.63) is 95.2 Å². The summed E-state index contributed by atoms with van der Waals surface area (Å²) in [5.41, 5.74) is 4.08. The van der Waals surface area contributed by atoms with Crippen molar-refractivity contribution >= 4 is 5.97 Å². The highest BCUT2D eigenvalue weighted by Crippen LogP contribution is 2.32. The molecule has 0 saturated carbocycles. The normalized spacial score (nSPS) is 19.5. The Morgan fingerprint density at radius 1 is 1.00 bits per heavy atom. The average Bonchev–Trinajstić information content (AvgIpc) is 2.80. The van der Waals surface area contributed by atoms with Gasteiger partial charge < -0.3 is 14.4 Å². The Morgan fingerprint density at radius 3 is 2.41 bits per heavy atom. The molecule has 150 valence electrons. The van der Waals surface area contributed by atoms with Crippen molar-refractivity contribution in [2.24, 2.45) is 0 Å². The number of benzene rings is 2. The third-order valence-corrected chi connectivity index (χ3v) is 5.39. The van der Waals surface area contributed by atoms with Gasteiger partial charge in [0.25, 0.3) is 0 Å². The van der Waals surface area contributed by atoms with Crippen molar-refractivity contribution in [1.29, 1.82) is 0 Å². The Bertz CT molecular complexity index is 867. The molecule has 1 fully saturated rings. The standard InChI is InChI=1S/C25H27NO3/c27-25(21-11-5-2-6-12-21)29-24(20-9-3-1-4-10-20)19-22-13-7-8-14-23(22)26-15-17-28-18-16-26/h1-6,9-12,14,19,24H,7-8,13,15-18H2/b22-19+/t24-/m0/s1. The van der Waals surface area contributed by atoms with Crippen LogP contribution in [0.1, 0.15) is 41.3 Å². The predicted octanol–water partition coefficient (Wildman–Crippen LogP) is 4.91. The van der Waals surface area contributed by atoms with Crippen LogP contribution < -0.4 is 0 Å². The van der Waals surface area contributed by atoms with Crippen molar-refractivity contribution < 1.29 is 14.3 Å². The zero-order chi connectivity index (χ0) is 19.9. The Labute approximate surface area is 172 Å². The molecule has 1 saturated heterocycles. The van der Waals surface area contributed by atoms with Crippen molar-refractivity contribution in [2.45, 2.75) is 25.4 Å². The monoisotopic (exact) mass is 389 g/mol. The second kappa shape index (κ2) is 9.57. The summed E-state index contributed by atoms with van der Waals surface area (Å²) in [5, 5.41) is 0. The van der Waals surface area contributed by atoms with E-state index < -0.39 is 6.10 Å². The minimum atomic E-state index is -0.415. The SMILES string of the molecule is O=C(O[C@@H](/C=C1\CCCC=C1N1CCOCC1)c1ccccc1)c1ccccc1. The summed E-state index contributed by atoms with van der Waals surface area (Å²) in [6.07, 6.45) is 7.24. The fraction of sp³-hybridized carbons (Fsp3) is 0.320. The Morgan fingerprint density at radius 2 is 1.69 bits per heavy atom. The third kappa shape index (κ3) is 4.96. The smallest absolute Gasteiger partial charge is 0.339 e. The van der Waals surface area contributed by atoms with E-state index in [1.165, 1.54) is 11.3 Å². The highest BCUT2D eigenvalue weighted by molar-refractivity contribution is 5.89. The minimum absolute atomic E-state index is 0.302. The second-order valence-corrected chi connectivity index (χ2v) is 7.38. The largest absolute Gasteiger partial charge is 0.450 e. The number of hydrogen-bond donors (Lipinski definition) is 0. The first-order chi connectivity index (χ1) is 14.3. The number of ether oxygens (including phenoxy) is 2. The van der Waals surface area contributed by atoms with Crippen LogP contribution in [0.2, 0.25) is 0 Å². The molecule has 0 unspecified atom stereocenters. The molecule has 1 heterocycles. The summed E-state index contributed by atoms with van der Waals surface area (Å²) >= 11 is 0. The minimum Gasteiger partial charge on any atom is -0.450 e. The molecular formula is C25H27NO3. The fourth-order valence-corrected chi connectivity index (χ4v) is 3.88. The summed E-state index contributed by atoms with van der Waals surface area (Å²) in [5.74, 6) is -0.302. The first-order valence-electron chi connectivity index (χ1n) is 10.4. The third-order valence-electron chi connectivity index (χ3n) is 5.39.